The predicted octanol–water partition coefficient (Wildman–Crippen LogP) is 1.37. The Morgan fingerprint density at radius 3 is 2.88 bits per heavy atom. The number of rotatable bonds is 2. The molecule has 17 heavy (non-hydrogen) atoms. The zero-order valence-electron chi connectivity index (χ0n) is 10.2. The van der Waals surface area contributed by atoms with Gasteiger partial charge in [-0.15, -0.1) is 0 Å². The first-order valence-corrected chi connectivity index (χ1v) is 6.32. The fraction of sp³-hybridized carbons (Fsp3) is 0.571. The van der Waals surface area contributed by atoms with Crippen molar-refractivity contribution in [2.45, 2.75) is 31.1 Å². The quantitative estimate of drug-likeness (QED) is 0.837. The summed E-state index contributed by atoms with van der Waals surface area (Å²) in [5.74, 6) is 0. The average Bonchev–Trinajstić information content (AvgIpc) is 2.95. The first kappa shape index (κ1) is 11.2. The molecule has 0 aromatic heterocycles. The molecule has 2 aliphatic rings. The number of hydrogen-bond donors (Lipinski definition) is 1. The molecule has 3 heteroatoms. The monoisotopic (exact) mass is 233 g/mol. The summed E-state index contributed by atoms with van der Waals surface area (Å²) in [6, 6.07) is 8.47. The number of methoxy groups -OCH3 is 1. The Balaban J connectivity index is 1.76. The molecular weight excluding hydrogens is 214 g/mol. The molecule has 1 heterocycles. The molecule has 1 aliphatic carbocycles. The molecule has 1 aromatic rings. The van der Waals surface area contributed by atoms with Crippen LogP contribution in [0.5, 0.6) is 0 Å². The van der Waals surface area contributed by atoms with E-state index in [1.807, 2.05) is 12.1 Å². The van der Waals surface area contributed by atoms with Crippen molar-refractivity contribution in [3.63, 3.8) is 0 Å². The highest BCUT2D eigenvalue weighted by molar-refractivity contribution is 5.36. The summed E-state index contributed by atoms with van der Waals surface area (Å²) in [6.07, 6.45) is 2.05. The molecule has 92 valence electrons. The summed E-state index contributed by atoms with van der Waals surface area (Å²) in [5, 5.41) is 10.4. The van der Waals surface area contributed by atoms with Crippen molar-refractivity contribution in [1.29, 1.82) is 0 Å². The van der Waals surface area contributed by atoms with Gasteiger partial charge in [0.25, 0.3) is 0 Å². The van der Waals surface area contributed by atoms with Crippen LogP contribution in [-0.4, -0.2) is 42.4 Å². The standard InChI is InChI=1S/C14H19NO2/c1-17-11-6-7-15(9-11)13-8-10-4-2-3-5-12(10)14(13)16/h2-5,11,13-14,16H,6-9H2,1H3. The Morgan fingerprint density at radius 1 is 1.35 bits per heavy atom. The van der Waals surface area contributed by atoms with E-state index >= 15 is 0 Å². The molecule has 0 spiro atoms. The summed E-state index contributed by atoms with van der Waals surface area (Å²) in [4.78, 5) is 2.37. The largest absolute Gasteiger partial charge is 0.387 e. The third kappa shape index (κ3) is 1.88. The van der Waals surface area contributed by atoms with Gasteiger partial charge in [-0.05, 0) is 24.0 Å². The van der Waals surface area contributed by atoms with Gasteiger partial charge in [-0.1, -0.05) is 24.3 Å². The maximum absolute atomic E-state index is 10.4. The van der Waals surface area contributed by atoms with Crippen LogP contribution in [-0.2, 0) is 11.2 Å². The van der Waals surface area contributed by atoms with Crippen molar-refractivity contribution in [3.8, 4) is 0 Å². The summed E-state index contributed by atoms with van der Waals surface area (Å²) in [5.41, 5.74) is 2.41. The van der Waals surface area contributed by atoms with E-state index < -0.39 is 0 Å². The van der Waals surface area contributed by atoms with Crippen molar-refractivity contribution in [3.05, 3.63) is 35.4 Å². The fourth-order valence-electron chi connectivity index (χ4n) is 3.13. The minimum atomic E-state index is -0.332. The predicted molar refractivity (Wildman–Crippen MR) is 65.9 cm³/mol. The van der Waals surface area contributed by atoms with Crippen molar-refractivity contribution in [1.82, 2.24) is 4.90 Å². The third-order valence-electron chi connectivity index (χ3n) is 4.15. The Morgan fingerprint density at radius 2 is 2.18 bits per heavy atom. The van der Waals surface area contributed by atoms with E-state index in [4.69, 9.17) is 4.74 Å². The fourth-order valence-corrected chi connectivity index (χ4v) is 3.13. The number of fused-ring (bicyclic) bond motifs is 1. The van der Waals surface area contributed by atoms with E-state index in [0.29, 0.717) is 6.10 Å². The van der Waals surface area contributed by atoms with E-state index in [2.05, 4.69) is 17.0 Å². The lowest BCUT2D eigenvalue weighted by atomic mass is 10.1. The lowest BCUT2D eigenvalue weighted by Gasteiger charge is -2.26. The van der Waals surface area contributed by atoms with Gasteiger partial charge < -0.3 is 9.84 Å². The Labute approximate surface area is 102 Å². The summed E-state index contributed by atoms with van der Waals surface area (Å²) >= 11 is 0. The van der Waals surface area contributed by atoms with Crippen molar-refractivity contribution in [2.24, 2.45) is 0 Å². The highest BCUT2D eigenvalue weighted by atomic mass is 16.5. The Kier molecular flexibility index (Phi) is 2.90. The third-order valence-corrected chi connectivity index (χ3v) is 4.15. The van der Waals surface area contributed by atoms with Gasteiger partial charge in [0, 0.05) is 26.2 Å². The van der Waals surface area contributed by atoms with Gasteiger partial charge in [0.2, 0.25) is 0 Å². The van der Waals surface area contributed by atoms with Crippen LogP contribution < -0.4 is 0 Å². The maximum atomic E-state index is 10.4. The molecule has 3 rings (SSSR count). The van der Waals surface area contributed by atoms with Crippen LogP contribution >= 0.6 is 0 Å². The normalized spacial score (nSPS) is 32.9. The van der Waals surface area contributed by atoms with Gasteiger partial charge >= 0.3 is 0 Å². The zero-order chi connectivity index (χ0) is 11.8. The van der Waals surface area contributed by atoms with Gasteiger partial charge in [-0.3, -0.25) is 4.90 Å². The van der Waals surface area contributed by atoms with Gasteiger partial charge in [0.1, 0.15) is 0 Å². The van der Waals surface area contributed by atoms with Crippen LogP contribution in [0.2, 0.25) is 0 Å². The highest BCUT2D eigenvalue weighted by Gasteiger charge is 2.37. The number of benzene rings is 1. The molecule has 3 atom stereocenters. The maximum Gasteiger partial charge on any atom is 0.0951 e. The molecule has 0 bridgehead atoms. The molecule has 1 aromatic carbocycles. The highest BCUT2D eigenvalue weighted by Crippen LogP contribution is 2.35. The van der Waals surface area contributed by atoms with Gasteiger partial charge in [0.15, 0.2) is 0 Å². The number of hydrogen-bond acceptors (Lipinski definition) is 3. The molecule has 0 amide bonds. The molecule has 1 N–H and O–H groups in total. The minimum absolute atomic E-state index is 0.243. The number of likely N-dealkylation sites (tertiary alicyclic amines) is 1. The van der Waals surface area contributed by atoms with Gasteiger partial charge in [-0.25, -0.2) is 0 Å². The summed E-state index contributed by atoms with van der Waals surface area (Å²) in [7, 11) is 1.77. The minimum Gasteiger partial charge on any atom is -0.387 e. The smallest absolute Gasteiger partial charge is 0.0951 e. The van der Waals surface area contributed by atoms with Crippen LogP contribution in [0.1, 0.15) is 23.7 Å². The second-order valence-corrected chi connectivity index (χ2v) is 5.06. The van der Waals surface area contributed by atoms with Gasteiger partial charge in [-0.2, -0.15) is 0 Å². The number of ether oxygens (including phenoxy) is 1. The number of nitrogens with zero attached hydrogens (tertiary/aromatic N) is 1. The van der Waals surface area contributed by atoms with Crippen LogP contribution in [0, 0.1) is 0 Å². The molecular formula is C14H19NO2. The lowest BCUT2D eigenvalue weighted by Crippen LogP contribution is -2.37. The molecule has 1 saturated heterocycles. The van der Waals surface area contributed by atoms with E-state index in [9.17, 15) is 5.11 Å². The molecule has 3 unspecified atom stereocenters. The average molecular weight is 233 g/mol. The topological polar surface area (TPSA) is 32.7 Å². The van der Waals surface area contributed by atoms with Crippen LogP contribution in [0.3, 0.4) is 0 Å². The molecule has 0 saturated carbocycles. The Hall–Kier alpha value is -0.900. The van der Waals surface area contributed by atoms with Crippen molar-refractivity contribution < 1.29 is 9.84 Å². The molecule has 3 nitrogen and oxygen atoms in total. The summed E-state index contributed by atoms with van der Waals surface area (Å²) < 4.78 is 5.39. The van der Waals surface area contributed by atoms with E-state index in [1.54, 1.807) is 7.11 Å². The van der Waals surface area contributed by atoms with E-state index in [0.717, 1.165) is 31.5 Å². The first-order valence-electron chi connectivity index (χ1n) is 6.32. The summed E-state index contributed by atoms with van der Waals surface area (Å²) in [6.45, 7) is 1.99. The van der Waals surface area contributed by atoms with Crippen LogP contribution in [0.25, 0.3) is 0 Å². The van der Waals surface area contributed by atoms with E-state index in [1.165, 1.54) is 5.56 Å². The van der Waals surface area contributed by atoms with Crippen LogP contribution in [0.4, 0.5) is 0 Å². The zero-order valence-corrected chi connectivity index (χ0v) is 10.2. The van der Waals surface area contributed by atoms with Crippen LogP contribution in [0.15, 0.2) is 24.3 Å². The Bertz CT molecular complexity index is 407. The van der Waals surface area contributed by atoms with Crippen molar-refractivity contribution >= 4 is 0 Å². The second-order valence-electron chi connectivity index (χ2n) is 5.06. The molecule has 1 fully saturated rings. The SMILES string of the molecule is COC1CCN(C2Cc3ccccc3C2O)C1. The van der Waals surface area contributed by atoms with Gasteiger partial charge in [0.05, 0.1) is 12.2 Å². The molecule has 0 radical (unpaired) electrons. The molecule has 1 aliphatic heterocycles. The number of aliphatic hydroxyl groups excluding tert-OH is 1. The van der Waals surface area contributed by atoms with E-state index in [-0.39, 0.29) is 12.1 Å². The van der Waals surface area contributed by atoms with Crippen molar-refractivity contribution in [2.75, 3.05) is 20.2 Å². The number of aliphatic hydroxyl groups is 1. The lowest BCUT2D eigenvalue weighted by molar-refractivity contribution is 0.0560. The second kappa shape index (κ2) is 4.41. The first-order chi connectivity index (χ1) is 8.29.